The Hall–Kier alpha value is -2.10. The molecule has 2 rings (SSSR count). The van der Waals surface area contributed by atoms with Gasteiger partial charge in [-0.1, -0.05) is 26.0 Å². The molecular weight excluding hydrogens is 236 g/mol. The Morgan fingerprint density at radius 2 is 2.00 bits per heavy atom. The van der Waals surface area contributed by atoms with Crippen LogP contribution in [0.1, 0.15) is 36.8 Å². The third kappa shape index (κ3) is 3.68. The molecule has 0 atom stereocenters. The zero-order valence-electron chi connectivity index (χ0n) is 11.6. The van der Waals surface area contributed by atoms with Crippen LogP contribution in [0, 0.1) is 6.92 Å². The number of benzene rings is 1. The number of hydrogen-bond donors (Lipinski definition) is 2. The summed E-state index contributed by atoms with van der Waals surface area (Å²) in [6.07, 6.45) is 0. The monoisotopic (exact) mass is 256 g/mol. The van der Waals surface area contributed by atoms with Gasteiger partial charge in [-0.15, -0.1) is 0 Å². The maximum absolute atomic E-state index is 5.76. The lowest BCUT2D eigenvalue weighted by Crippen LogP contribution is -2.06. The Balaban J connectivity index is 2.11. The van der Waals surface area contributed by atoms with Gasteiger partial charge >= 0.3 is 0 Å². The quantitative estimate of drug-likeness (QED) is 0.825. The summed E-state index contributed by atoms with van der Waals surface area (Å²) in [4.78, 5) is 8.95. The summed E-state index contributed by atoms with van der Waals surface area (Å²) in [5.74, 6) is 2.06. The van der Waals surface area contributed by atoms with Gasteiger partial charge in [0.25, 0.3) is 0 Å². The largest absolute Gasteiger partial charge is 0.399 e. The first kappa shape index (κ1) is 13.3. The summed E-state index contributed by atoms with van der Waals surface area (Å²) in [7, 11) is 0. The first-order chi connectivity index (χ1) is 9.04. The van der Waals surface area contributed by atoms with Gasteiger partial charge < -0.3 is 11.1 Å². The topological polar surface area (TPSA) is 63.8 Å². The molecule has 0 aliphatic rings. The molecule has 0 spiro atoms. The average molecular weight is 256 g/mol. The van der Waals surface area contributed by atoms with Gasteiger partial charge in [0.05, 0.1) is 0 Å². The molecule has 4 nitrogen and oxygen atoms in total. The molecule has 0 unspecified atom stereocenters. The lowest BCUT2D eigenvalue weighted by Gasteiger charge is -2.10. The Labute approximate surface area is 114 Å². The molecule has 1 aromatic heterocycles. The fourth-order valence-corrected chi connectivity index (χ4v) is 1.84. The van der Waals surface area contributed by atoms with E-state index in [0.717, 1.165) is 28.6 Å². The van der Waals surface area contributed by atoms with Gasteiger partial charge in [-0.25, -0.2) is 9.97 Å². The van der Waals surface area contributed by atoms with Crippen LogP contribution in [0.4, 0.5) is 11.5 Å². The number of nitrogen functional groups attached to an aromatic ring is 1. The predicted octanol–water partition coefficient (Wildman–Crippen LogP) is 3.10. The van der Waals surface area contributed by atoms with E-state index in [-0.39, 0.29) is 0 Å². The van der Waals surface area contributed by atoms with Gasteiger partial charge in [0.2, 0.25) is 0 Å². The normalized spacial score (nSPS) is 10.7. The van der Waals surface area contributed by atoms with Crippen LogP contribution in [0.5, 0.6) is 0 Å². The molecule has 0 saturated carbocycles. The fraction of sp³-hybridized carbons (Fsp3) is 0.333. The number of hydrogen-bond acceptors (Lipinski definition) is 4. The first-order valence-electron chi connectivity index (χ1n) is 6.48. The van der Waals surface area contributed by atoms with Crippen LogP contribution in [-0.4, -0.2) is 9.97 Å². The third-order valence-electron chi connectivity index (χ3n) is 2.81. The maximum atomic E-state index is 5.76. The van der Waals surface area contributed by atoms with E-state index in [9.17, 15) is 0 Å². The molecule has 19 heavy (non-hydrogen) atoms. The first-order valence-corrected chi connectivity index (χ1v) is 6.48. The molecule has 0 saturated heterocycles. The lowest BCUT2D eigenvalue weighted by atomic mass is 10.2. The Morgan fingerprint density at radius 3 is 2.68 bits per heavy atom. The van der Waals surface area contributed by atoms with Gasteiger partial charge in [-0.3, -0.25) is 0 Å². The summed E-state index contributed by atoms with van der Waals surface area (Å²) < 4.78 is 0. The van der Waals surface area contributed by atoms with Crippen molar-refractivity contribution in [1.82, 2.24) is 9.97 Å². The highest BCUT2D eigenvalue weighted by atomic mass is 15.0. The number of nitrogens with two attached hydrogens (primary N) is 1. The van der Waals surface area contributed by atoms with E-state index in [1.165, 1.54) is 0 Å². The number of rotatable bonds is 4. The summed E-state index contributed by atoms with van der Waals surface area (Å²) in [6.45, 7) is 6.88. The number of anilines is 2. The maximum Gasteiger partial charge on any atom is 0.133 e. The van der Waals surface area contributed by atoms with Crippen molar-refractivity contribution in [2.75, 3.05) is 11.1 Å². The van der Waals surface area contributed by atoms with E-state index in [2.05, 4.69) is 29.1 Å². The zero-order valence-corrected chi connectivity index (χ0v) is 11.6. The van der Waals surface area contributed by atoms with Crippen molar-refractivity contribution in [3.05, 3.63) is 47.4 Å². The molecule has 1 aromatic carbocycles. The highest BCUT2D eigenvalue weighted by Crippen LogP contribution is 2.15. The minimum absolute atomic E-state index is 0.327. The molecule has 100 valence electrons. The van der Waals surface area contributed by atoms with Crippen molar-refractivity contribution >= 4 is 11.5 Å². The number of nitrogens with one attached hydrogen (secondary N) is 1. The van der Waals surface area contributed by atoms with Gasteiger partial charge in [0, 0.05) is 29.9 Å². The molecule has 0 fully saturated rings. The second-order valence-corrected chi connectivity index (χ2v) is 5.01. The molecule has 1 heterocycles. The zero-order chi connectivity index (χ0) is 13.8. The summed E-state index contributed by atoms with van der Waals surface area (Å²) in [6, 6.07) is 9.80. The lowest BCUT2D eigenvalue weighted by molar-refractivity contribution is 0.766. The van der Waals surface area contributed by atoms with Crippen molar-refractivity contribution in [3.8, 4) is 0 Å². The standard InChI is InChI=1S/C15H20N4/c1-10(2)15-18-11(3)7-14(19-15)17-9-12-5-4-6-13(16)8-12/h4-8,10H,9,16H2,1-3H3,(H,17,18,19). The van der Waals surface area contributed by atoms with Crippen molar-refractivity contribution in [3.63, 3.8) is 0 Å². The van der Waals surface area contributed by atoms with E-state index < -0.39 is 0 Å². The Morgan fingerprint density at radius 1 is 1.21 bits per heavy atom. The second-order valence-electron chi connectivity index (χ2n) is 5.01. The molecule has 4 heteroatoms. The van der Waals surface area contributed by atoms with Crippen LogP contribution in [0.25, 0.3) is 0 Å². The summed E-state index contributed by atoms with van der Waals surface area (Å²) >= 11 is 0. The molecular formula is C15H20N4. The van der Waals surface area contributed by atoms with E-state index in [1.807, 2.05) is 37.3 Å². The summed E-state index contributed by atoms with van der Waals surface area (Å²) in [5, 5.41) is 3.32. The van der Waals surface area contributed by atoms with Crippen LogP contribution in [-0.2, 0) is 6.54 Å². The van der Waals surface area contributed by atoms with Crippen molar-refractivity contribution < 1.29 is 0 Å². The smallest absolute Gasteiger partial charge is 0.133 e. The number of aryl methyl sites for hydroxylation is 1. The van der Waals surface area contributed by atoms with Crippen LogP contribution in [0.3, 0.4) is 0 Å². The van der Waals surface area contributed by atoms with Crippen molar-refractivity contribution in [2.45, 2.75) is 33.2 Å². The van der Waals surface area contributed by atoms with E-state index in [4.69, 9.17) is 5.73 Å². The van der Waals surface area contributed by atoms with Crippen molar-refractivity contribution in [2.24, 2.45) is 0 Å². The van der Waals surface area contributed by atoms with Gasteiger partial charge in [0.15, 0.2) is 0 Å². The Bertz CT molecular complexity index is 564. The van der Waals surface area contributed by atoms with E-state index >= 15 is 0 Å². The number of aromatic nitrogens is 2. The molecule has 0 aliphatic carbocycles. The van der Waals surface area contributed by atoms with Gasteiger partial charge in [-0.2, -0.15) is 0 Å². The van der Waals surface area contributed by atoms with Gasteiger partial charge in [-0.05, 0) is 24.6 Å². The Kier molecular flexibility index (Phi) is 4.00. The predicted molar refractivity (Wildman–Crippen MR) is 79.0 cm³/mol. The van der Waals surface area contributed by atoms with Crippen LogP contribution in [0.2, 0.25) is 0 Å². The van der Waals surface area contributed by atoms with Gasteiger partial charge in [0.1, 0.15) is 11.6 Å². The van der Waals surface area contributed by atoms with Crippen LogP contribution < -0.4 is 11.1 Å². The van der Waals surface area contributed by atoms with Crippen LogP contribution >= 0.6 is 0 Å². The molecule has 0 radical (unpaired) electrons. The molecule has 2 aromatic rings. The third-order valence-corrected chi connectivity index (χ3v) is 2.81. The number of nitrogens with zero attached hydrogens (tertiary/aromatic N) is 2. The van der Waals surface area contributed by atoms with Crippen LogP contribution in [0.15, 0.2) is 30.3 Å². The second kappa shape index (κ2) is 5.69. The SMILES string of the molecule is Cc1cc(NCc2cccc(N)c2)nc(C(C)C)n1. The molecule has 0 aliphatic heterocycles. The average Bonchev–Trinajstić information content (AvgIpc) is 2.36. The minimum atomic E-state index is 0.327. The minimum Gasteiger partial charge on any atom is -0.399 e. The molecule has 0 bridgehead atoms. The molecule has 0 amide bonds. The summed E-state index contributed by atoms with van der Waals surface area (Å²) in [5.41, 5.74) is 8.66. The highest BCUT2D eigenvalue weighted by Gasteiger charge is 2.06. The van der Waals surface area contributed by atoms with E-state index in [0.29, 0.717) is 12.5 Å². The highest BCUT2D eigenvalue weighted by molar-refractivity contribution is 5.43. The van der Waals surface area contributed by atoms with E-state index in [1.54, 1.807) is 0 Å². The molecule has 3 N–H and O–H groups in total. The van der Waals surface area contributed by atoms with Crippen molar-refractivity contribution in [1.29, 1.82) is 0 Å². The fourth-order valence-electron chi connectivity index (χ4n) is 1.84.